The fraction of sp³-hybridized carbons (Fsp3) is 0.421. The van der Waals surface area contributed by atoms with E-state index in [9.17, 15) is 13.2 Å². The second kappa shape index (κ2) is 7.38. The maximum Gasteiger partial charge on any atom is 0.453 e. The van der Waals surface area contributed by atoms with Crippen molar-refractivity contribution in [1.29, 1.82) is 0 Å². The number of aromatic nitrogens is 4. The van der Waals surface area contributed by atoms with Crippen molar-refractivity contribution >= 4 is 17.2 Å². The van der Waals surface area contributed by atoms with Crippen LogP contribution < -0.4 is 5.32 Å². The maximum atomic E-state index is 13.0. The van der Waals surface area contributed by atoms with Crippen molar-refractivity contribution in [3.05, 3.63) is 47.8 Å². The molecule has 28 heavy (non-hydrogen) atoms. The van der Waals surface area contributed by atoms with E-state index in [1.807, 2.05) is 24.3 Å². The van der Waals surface area contributed by atoms with Crippen LogP contribution in [-0.4, -0.2) is 37.8 Å². The predicted octanol–water partition coefficient (Wildman–Crippen LogP) is 4.12. The molecule has 0 saturated carbocycles. The number of nitrogens with zero attached hydrogens (tertiary/aromatic N) is 5. The number of piperidine rings is 1. The van der Waals surface area contributed by atoms with Gasteiger partial charge in [-0.2, -0.15) is 17.7 Å². The van der Waals surface area contributed by atoms with E-state index in [2.05, 4.69) is 32.4 Å². The number of hydrogen-bond acceptors (Lipinski definition) is 5. The Kier molecular flexibility index (Phi) is 4.92. The van der Waals surface area contributed by atoms with Crippen LogP contribution in [0.5, 0.6) is 0 Å². The van der Waals surface area contributed by atoms with Gasteiger partial charge >= 0.3 is 6.18 Å². The molecular formula is C19H21F3N6. The largest absolute Gasteiger partial charge is 0.453 e. The van der Waals surface area contributed by atoms with Crippen molar-refractivity contribution in [2.75, 3.05) is 18.4 Å². The van der Waals surface area contributed by atoms with Crippen LogP contribution in [0.25, 0.3) is 5.65 Å². The third kappa shape index (κ3) is 4.09. The molecule has 2 aromatic heterocycles. The highest BCUT2D eigenvalue weighted by molar-refractivity contribution is 5.57. The average Bonchev–Trinajstić information content (AvgIpc) is 3.07. The number of nitrogens with one attached hydrogen (secondary N) is 1. The van der Waals surface area contributed by atoms with Crippen molar-refractivity contribution in [2.45, 2.75) is 32.5 Å². The Bertz CT molecular complexity index is 950. The Balaban J connectivity index is 1.47. The van der Waals surface area contributed by atoms with Crippen LogP contribution in [0.3, 0.4) is 0 Å². The molecule has 4 rings (SSSR count). The van der Waals surface area contributed by atoms with Gasteiger partial charge in [0.2, 0.25) is 0 Å². The van der Waals surface area contributed by atoms with Gasteiger partial charge in [-0.1, -0.05) is 19.1 Å². The van der Waals surface area contributed by atoms with E-state index in [0.717, 1.165) is 31.2 Å². The van der Waals surface area contributed by atoms with Crippen LogP contribution in [0.2, 0.25) is 0 Å². The molecule has 1 unspecified atom stereocenters. The van der Waals surface area contributed by atoms with Gasteiger partial charge in [-0.15, -0.1) is 15.3 Å². The molecular weight excluding hydrogens is 369 g/mol. The maximum absolute atomic E-state index is 13.0. The molecule has 1 N–H and O–H groups in total. The molecule has 0 aliphatic carbocycles. The van der Waals surface area contributed by atoms with E-state index in [1.165, 1.54) is 24.5 Å². The third-order valence-corrected chi connectivity index (χ3v) is 4.89. The second-order valence-electron chi connectivity index (χ2n) is 7.31. The van der Waals surface area contributed by atoms with Crippen LogP contribution in [0.4, 0.5) is 24.7 Å². The molecule has 9 heteroatoms. The topological polar surface area (TPSA) is 58.3 Å². The van der Waals surface area contributed by atoms with Crippen LogP contribution in [0.1, 0.15) is 31.2 Å². The molecule has 1 aliphatic rings. The molecule has 148 valence electrons. The molecule has 0 radical (unpaired) electrons. The van der Waals surface area contributed by atoms with Gasteiger partial charge in [0.1, 0.15) is 0 Å². The lowest BCUT2D eigenvalue weighted by Crippen LogP contribution is -2.33. The van der Waals surface area contributed by atoms with Crippen LogP contribution in [0, 0.1) is 5.92 Å². The SMILES string of the molecule is CC1CCCN(Cc2ccc(Nc3ccc4nnc(C(F)(F)F)n4n3)cc2)C1. The second-order valence-corrected chi connectivity index (χ2v) is 7.31. The van der Waals surface area contributed by atoms with Crippen LogP contribution in [0.15, 0.2) is 36.4 Å². The summed E-state index contributed by atoms with van der Waals surface area (Å²) in [5.74, 6) is -0.123. The highest BCUT2D eigenvalue weighted by atomic mass is 19.4. The van der Waals surface area contributed by atoms with Gasteiger partial charge in [-0.3, -0.25) is 4.90 Å². The van der Waals surface area contributed by atoms with Gasteiger partial charge in [0.05, 0.1) is 0 Å². The highest BCUT2D eigenvalue weighted by Crippen LogP contribution is 2.28. The molecule has 1 saturated heterocycles. The summed E-state index contributed by atoms with van der Waals surface area (Å²) < 4.78 is 39.7. The molecule has 3 aromatic rings. The normalized spacial score (nSPS) is 18.5. The van der Waals surface area contributed by atoms with E-state index in [1.54, 1.807) is 6.07 Å². The minimum Gasteiger partial charge on any atom is -0.339 e. The van der Waals surface area contributed by atoms with Crippen molar-refractivity contribution in [3.63, 3.8) is 0 Å². The van der Waals surface area contributed by atoms with Gasteiger partial charge < -0.3 is 5.32 Å². The van der Waals surface area contributed by atoms with Crippen LogP contribution in [-0.2, 0) is 12.7 Å². The van der Waals surface area contributed by atoms with Crippen molar-refractivity contribution in [3.8, 4) is 0 Å². The Hall–Kier alpha value is -2.68. The molecule has 6 nitrogen and oxygen atoms in total. The number of halogens is 3. The summed E-state index contributed by atoms with van der Waals surface area (Å²) >= 11 is 0. The number of fused-ring (bicyclic) bond motifs is 1. The number of anilines is 2. The fourth-order valence-corrected chi connectivity index (χ4v) is 3.56. The first kappa shape index (κ1) is 18.7. The summed E-state index contributed by atoms with van der Waals surface area (Å²) in [5.41, 5.74) is 2.01. The molecule has 1 aromatic carbocycles. The molecule has 1 aliphatic heterocycles. The Morgan fingerprint density at radius 2 is 1.89 bits per heavy atom. The first-order chi connectivity index (χ1) is 13.4. The van der Waals surface area contributed by atoms with E-state index >= 15 is 0 Å². The summed E-state index contributed by atoms with van der Waals surface area (Å²) in [7, 11) is 0. The Morgan fingerprint density at radius 1 is 1.11 bits per heavy atom. The van der Waals surface area contributed by atoms with Crippen LogP contribution >= 0.6 is 0 Å². The molecule has 1 fully saturated rings. The lowest BCUT2D eigenvalue weighted by Gasteiger charge is -2.30. The zero-order valence-corrected chi connectivity index (χ0v) is 15.4. The van der Waals surface area contributed by atoms with E-state index in [-0.39, 0.29) is 11.5 Å². The van der Waals surface area contributed by atoms with Gasteiger partial charge in [0.15, 0.2) is 11.5 Å². The first-order valence-corrected chi connectivity index (χ1v) is 9.26. The number of rotatable bonds is 4. The summed E-state index contributed by atoms with van der Waals surface area (Å²) in [6.07, 6.45) is -2.09. The molecule has 0 spiro atoms. The number of hydrogen-bond donors (Lipinski definition) is 1. The third-order valence-electron chi connectivity index (χ3n) is 4.89. The summed E-state index contributed by atoms with van der Waals surface area (Å²) in [4.78, 5) is 2.46. The minimum atomic E-state index is -4.61. The first-order valence-electron chi connectivity index (χ1n) is 9.26. The summed E-state index contributed by atoms with van der Waals surface area (Å²) in [6, 6.07) is 10.9. The lowest BCUT2D eigenvalue weighted by atomic mass is 10.00. The zero-order valence-electron chi connectivity index (χ0n) is 15.4. The van der Waals surface area contributed by atoms with Crippen molar-refractivity contribution in [2.24, 2.45) is 5.92 Å². The molecule has 3 heterocycles. The van der Waals surface area contributed by atoms with Gasteiger partial charge in [-0.25, -0.2) is 0 Å². The Morgan fingerprint density at radius 3 is 2.61 bits per heavy atom. The predicted molar refractivity (Wildman–Crippen MR) is 99.2 cm³/mol. The van der Waals surface area contributed by atoms with Crippen molar-refractivity contribution < 1.29 is 13.2 Å². The number of benzene rings is 1. The number of likely N-dealkylation sites (tertiary alicyclic amines) is 1. The lowest BCUT2D eigenvalue weighted by molar-refractivity contribution is -0.146. The monoisotopic (exact) mass is 390 g/mol. The van der Waals surface area contributed by atoms with E-state index in [0.29, 0.717) is 4.52 Å². The summed E-state index contributed by atoms with van der Waals surface area (Å²) in [5, 5.41) is 13.7. The molecule has 0 amide bonds. The summed E-state index contributed by atoms with van der Waals surface area (Å²) in [6.45, 7) is 5.42. The van der Waals surface area contributed by atoms with Gasteiger partial charge in [0, 0.05) is 18.8 Å². The van der Waals surface area contributed by atoms with Gasteiger partial charge in [-0.05, 0) is 55.1 Å². The number of alkyl halides is 3. The van der Waals surface area contributed by atoms with Gasteiger partial charge in [0.25, 0.3) is 5.82 Å². The fourth-order valence-electron chi connectivity index (χ4n) is 3.56. The Labute approximate surface area is 160 Å². The van der Waals surface area contributed by atoms with E-state index < -0.39 is 12.0 Å². The minimum absolute atomic E-state index is 0.0454. The molecule has 0 bridgehead atoms. The smallest absolute Gasteiger partial charge is 0.339 e. The average molecular weight is 390 g/mol. The highest BCUT2D eigenvalue weighted by Gasteiger charge is 2.37. The quantitative estimate of drug-likeness (QED) is 0.726. The van der Waals surface area contributed by atoms with Crippen molar-refractivity contribution in [1.82, 2.24) is 24.7 Å². The zero-order chi connectivity index (χ0) is 19.7. The van der Waals surface area contributed by atoms with E-state index in [4.69, 9.17) is 0 Å². The standard InChI is InChI=1S/C19H21F3N6/c1-13-3-2-10-27(11-13)12-14-4-6-15(7-5-14)23-16-8-9-17-24-25-18(19(20,21)22)28(17)26-16/h4-9,13H,2-3,10-12H2,1H3,(H,23,26). The molecule has 1 atom stereocenters.